The normalized spacial score (nSPS) is 16.0. The largest absolute Gasteiger partial charge is 0.504 e. The molecule has 128 valence electrons. The lowest BCUT2D eigenvalue weighted by atomic mass is 9.89. The molecule has 0 aromatic heterocycles. The fourth-order valence-corrected chi connectivity index (χ4v) is 3.09. The van der Waals surface area contributed by atoms with Gasteiger partial charge in [0.1, 0.15) is 0 Å². The first-order valence-electron chi connectivity index (χ1n) is 7.56. The van der Waals surface area contributed by atoms with E-state index < -0.39 is 0 Å². The van der Waals surface area contributed by atoms with Crippen LogP contribution >= 0.6 is 0 Å². The van der Waals surface area contributed by atoms with Gasteiger partial charge in [-0.25, -0.2) is 0 Å². The molecule has 0 radical (unpaired) electrons. The smallest absolute Gasteiger partial charge is 0.203 e. The van der Waals surface area contributed by atoms with E-state index in [0.29, 0.717) is 36.0 Å². The molecule has 1 atom stereocenters. The van der Waals surface area contributed by atoms with Crippen LogP contribution in [0.25, 0.3) is 0 Å². The van der Waals surface area contributed by atoms with Crippen molar-refractivity contribution in [1.29, 1.82) is 0 Å². The number of phenols is 2. The highest BCUT2D eigenvalue weighted by Crippen LogP contribution is 2.47. The van der Waals surface area contributed by atoms with E-state index in [1.807, 2.05) is 12.1 Å². The lowest BCUT2D eigenvalue weighted by molar-refractivity contribution is 0.239. The highest BCUT2D eigenvalue weighted by Gasteiger charge is 2.29. The summed E-state index contributed by atoms with van der Waals surface area (Å²) in [5.41, 5.74) is 1.77. The van der Waals surface area contributed by atoms with Crippen molar-refractivity contribution >= 4 is 0 Å². The van der Waals surface area contributed by atoms with Gasteiger partial charge in [0.2, 0.25) is 11.5 Å². The van der Waals surface area contributed by atoms with E-state index in [9.17, 15) is 10.2 Å². The third-order valence-corrected chi connectivity index (χ3v) is 4.26. The Morgan fingerprint density at radius 3 is 2.38 bits per heavy atom. The molecule has 2 aromatic rings. The van der Waals surface area contributed by atoms with Crippen LogP contribution in [0.3, 0.4) is 0 Å². The second kappa shape index (κ2) is 6.39. The van der Waals surface area contributed by atoms with Crippen molar-refractivity contribution in [2.75, 3.05) is 27.9 Å². The fourth-order valence-electron chi connectivity index (χ4n) is 3.09. The monoisotopic (exact) mass is 332 g/mol. The van der Waals surface area contributed by atoms with Crippen molar-refractivity contribution in [3.8, 4) is 34.5 Å². The number of benzene rings is 2. The summed E-state index contributed by atoms with van der Waals surface area (Å²) in [5.74, 6) is 1.68. The maximum absolute atomic E-state index is 10.3. The molecule has 0 unspecified atom stereocenters. The second-order valence-corrected chi connectivity index (χ2v) is 5.56. The Morgan fingerprint density at radius 1 is 0.958 bits per heavy atom. The molecule has 3 rings (SSSR count). The minimum absolute atomic E-state index is 0.00138. The van der Waals surface area contributed by atoms with Gasteiger partial charge in [-0.3, -0.25) is 0 Å². The molecule has 1 heterocycles. The van der Waals surface area contributed by atoms with E-state index in [4.69, 9.17) is 18.9 Å². The van der Waals surface area contributed by atoms with Gasteiger partial charge in [0.15, 0.2) is 23.0 Å². The Labute approximate surface area is 140 Å². The molecule has 6 heteroatoms. The first-order chi connectivity index (χ1) is 11.6. The molecule has 0 amide bonds. The predicted octanol–water partition coefficient (Wildman–Crippen LogP) is 2.84. The van der Waals surface area contributed by atoms with Gasteiger partial charge >= 0.3 is 0 Å². The predicted molar refractivity (Wildman–Crippen MR) is 87.8 cm³/mol. The van der Waals surface area contributed by atoms with Crippen molar-refractivity contribution in [1.82, 2.24) is 0 Å². The van der Waals surface area contributed by atoms with Crippen LogP contribution in [0.15, 0.2) is 24.3 Å². The summed E-state index contributed by atoms with van der Waals surface area (Å²) in [6.07, 6.45) is 0.675. The molecule has 2 N–H and O–H groups in total. The van der Waals surface area contributed by atoms with Crippen LogP contribution in [0.5, 0.6) is 34.5 Å². The molecular formula is C18H20O6. The highest BCUT2D eigenvalue weighted by molar-refractivity contribution is 5.59. The summed E-state index contributed by atoms with van der Waals surface area (Å²) in [4.78, 5) is 0. The lowest BCUT2D eigenvalue weighted by Crippen LogP contribution is -2.20. The van der Waals surface area contributed by atoms with Crippen LogP contribution in [-0.2, 0) is 6.42 Å². The van der Waals surface area contributed by atoms with Crippen molar-refractivity contribution in [2.45, 2.75) is 12.3 Å². The third kappa shape index (κ3) is 2.54. The number of fused-ring (bicyclic) bond motifs is 1. The van der Waals surface area contributed by atoms with Crippen LogP contribution in [0, 0.1) is 0 Å². The zero-order chi connectivity index (χ0) is 17.3. The number of aromatic hydroxyl groups is 2. The first kappa shape index (κ1) is 16.1. The summed E-state index contributed by atoms with van der Waals surface area (Å²) in [6, 6.07) is 6.98. The topological polar surface area (TPSA) is 77.4 Å². The van der Waals surface area contributed by atoms with Crippen LogP contribution in [-0.4, -0.2) is 38.1 Å². The van der Waals surface area contributed by atoms with Crippen molar-refractivity contribution in [2.24, 2.45) is 0 Å². The molecule has 24 heavy (non-hydrogen) atoms. The average Bonchev–Trinajstić information content (AvgIpc) is 2.61. The van der Waals surface area contributed by atoms with Gasteiger partial charge in [0.05, 0.1) is 27.9 Å². The van der Waals surface area contributed by atoms with Gasteiger partial charge in [0, 0.05) is 11.5 Å². The molecule has 0 saturated heterocycles. The quantitative estimate of drug-likeness (QED) is 0.896. The summed E-state index contributed by atoms with van der Waals surface area (Å²) in [5, 5.41) is 20.1. The Kier molecular flexibility index (Phi) is 4.29. The third-order valence-electron chi connectivity index (χ3n) is 4.26. The van der Waals surface area contributed by atoms with Gasteiger partial charge in [-0.15, -0.1) is 0 Å². The zero-order valence-electron chi connectivity index (χ0n) is 13.8. The summed E-state index contributed by atoms with van der Waals surface area (Å²) in [6.45, 7) is 0.384. The van der Waals surface area contributed by atoms with Gasteiger partial charge in [-0.05, 0) is 24.1 Å². The van der Waals surface area contributed by atoms with Crippen molar-refractivity contribution in [3.63, 3.8) is 0 Å². The lowest BCUT2D eigenvalue weighted by Gasteiger charge is -2.28. The van der Waals surface area contributed by atoms with Gasteiger partial charge < -0.3 is 29.2 Å². The molecule has 0 fully saturated rings. The Hall–Kier alpha value is -2.76. The van der Waals surface area contributed by atoms with E-state index in [-0.39, 0.29) is 17.4 Å². The van der Waals surface area contributed by atoms with Crippen molar-refractivity contribution in [3.05, 3.63) is 35.4 Å². The number of hydrogen-bond acceptors (Lipinski definition) is 6. The average molecular weight is 332 g/mol. The number of rotatable bonds is 4. The van der Waals surface area contributed by atoms with E-state index in [1.54, 1.807) is 12.1 Å². The van der Waals surface area contributed by atoms with Gasteiger partial charge in [-0.2, -0.15) is 0 Å². The summed E-state index contributed by atoms with van der Waals surface area (Å²) in [7, 11) is 4.50. The summed E-state index contributed by atoms with van der Waals surface area (Å²) >= 11 is 0. The maximum atomic E-state index is 10.3. The summed E-state index contributed by atoms with van der Waals surface area (Å²) < 4.78 is 21.6. The number of methoxy groups -OCH3 is 3. The molecule has 6 nitrogen and oxygen atoms in total. The molecule has 0 bridgehead atoms. The Balaban J connectivity index is 1.98. The molecule has 0 saturated carbocycles. The number of phenolic OH excluding ortho intramolecular Hbond substituents is 2. The number of hydrogen-bond donors (Lipinski definition) is 2. The first-order valence-corrected chi connectivity index (χ1v) is 7.56. The Bertz CT molecular complexity index is 756. The SMILES string of the molecule is COc1ccc([C@H]2COc3c(ccc(O)c3OC)C2)c(OC)c1O. The fraction of sp³-hybridized carbons (Fsp3) is 0.333. The minimum atomic E-state index is -0.0217. The van der Waals surface area contributed by atoms with Crippen LogP contribution < -0.4 is 18.9 Å². The van der Waals surface area contributed by atoms with E-state index in [2.05, 4.69) is 0 Å². The molecule has 0 spiro atoms. The van der Waals surface area contributed by atoms with Crippen molar-refractivity contribution < 1.29 is 29.2 Å². The van der Waals surface area contributed by atoms with E-state index >= 15 is 0 Å². The molecule has 0 aliphatic carbocycles. The second-order valence-electron chi connectivity index (χ2n) is 5.56. The molecule has 1 aliphatic rings. The number of ether oxygens (including phenoxy) is 4. The van der Waals surface area contributed by atoms with Crippen LogP contribution in [0.4, 0.5) is 0 Å². The van der Waals surface area contributed by atoms with Crippen LogP contribution in [0.2, 0.25) is 0 Å². The van der Waals surface area contributed by atoms with E-state index in [1.165, 1.54) is 21.3 Å². The molecule has 2 aromatic carbocycles. The zero-order valence-corrected chi connectivity index (χ0v) is 13.8. The minimum Gasteiger partial charge on any atom is -0.504 e. The van der Waals surface area contributed by atoms with E-state index in [0.717, 1.165) is 11.1 Å². The molecule has 1 aliphatic heterocycles. The Morgan fingerprint density at radius 2 is 1.71 bits per heavy atom. The van der Waals surface area contributed by atoms with Gasteiger partial charge in [0.25, 0.3) is 0 Å². The standard InChI is InChI=1S/C18H20O6/c1-21-14-7-5-12(17(22-2)15(14)20)11-8-10-4-6-13(19)18(23-3)16(10)24-9-11/h4-7,11,19-20H,8-9H2,1-3H3/t11-/m1/s1. The van der Waals surface area contributed by atoms with Crippen LogP contribution in [0.1, 0.15) is 17.0 Å². The maximum Gasteiger partial charge on any atom is 0.203 e. The highest BCUT2D eigenvalue weighted by atomic mass is 16.5. The van der Waals surface area contributed by atoms with Gasteiger partial charge in [-0.1, -0.05) is 12.1 Å². The molecular weight excluding hydrogens is 312 g/mol.